The molecule has 0 N–H and O–H groups in total. The molecule has 4 aromatic rings. The lowest BCUT2D eigenvalue weighted by molar-refractivity contribution is -0.387. The molecule has 1 aromatic heterocycles. The Bertz CT molecular complexity index is 1400. The number of pyridine rings is 1. The normalized spacial score (nSPS) is 10.8. The highest BCUT2D eigenvalue weighted by atomic mass is 79.9. The van der Waals surface area contributed by atoms with Crippen molar-refractivity contribution in [3.8, 4) is 11.1 Å². The van der Waals surface area contributed by atoms with Crippen LogP contribution in [0.5, 0.6) is 0 Å². The van der Waals surface area contributed by atoms with Gasteiger partial charge in [-0.2, -0.15) is 0 Å². The number of rotatable bonds is 7. The third-order valence-electron chi connectivity index (χ3n) is 4.87. The number of non-ortho nitro benzene ring substituents is 1. The number of carbonyl (C=O) groups excluding carboxylic acids is 1. The van der Waals surface area contributed by atoms with E-state index in [-0.39, 0.29) is 33.5 Å². The van der Waals surface area contributed by atoms with Gasteiger partial charge in [-0.25, -0.2) is 4.98 Å². The fourth-order valence-corrected chi connectivity index (χ4v) is 4.53. The molecule has 0 aliphatic rings. The first-order chi connectivity index (χ1) is 15.8. The standard InChI is InChI=1S/C23H14BrN3O5S/c24-16-8-6-14(7-9-16)20(28)13-33-23-22(27(31)32)21(15-4-2-1-3-5-15)18-12-17(26(29)30)10-11-19(18)25-23/h1-12H,13H2. The van der Waals surface area contributed by atoms with Crippen LogP contribution in [0.2, 0.25) is 0 Å². The maximum Gasteiger partial charge on any atom is 0.309 e. The third-order valence-corrected chi connectivity index (χ3v) is 6.37. The predicted octanol–water partition coefficient (Wildman–Crippen LogP) is 6.46. The van der Waals surface area contributed by atoms with Gasteiger partial charge in [0.1, 0.15) is 0 Å². The molecule has 0 saturated carbocycles. The first kappa shape index (κ1) is 22.6. The van der Waals surface area contributed by atoms with E-state index < -0.39 is 9.85 Å². The number of benzene rings is 3. The van der Waals surface area contributed by atoms with Gasteiger partial charge >= 0.3 is 5.69 Å². The Morgan fingerprint density at radius 3 is 2.27 bits per heavy atom. The molecule has 33 heavy (non-hydrogen) atoms. The molecule has 0 aliphatic carbocycles. The fraction of sp³-hybridized carbons (Fsp3) is 0.0435. The van der Waals surface area contributed by atoms with Crippen LogP contribution in [0.4, 0.5) is 11.4 Å². The monoisotopic (exact) mass is 523 g/mol. The molecule has 0 spiro atoms. The topological polar surface area (TPSA) is 116 Å². The minimum Gasteiger partial charge on any atom is -0.293 e. The molecule has 0 radical (unpaired) electrons. The molecule has 3 aromatic carbocycles. The number of fused-ring (bicyclic) bond motifs is 1. The lowest BCUT2D eigenvalue weighted by Crippen LogP contribution is -2.05. The maximum atomic E-state index is 12.6. The van der Waals surface area contributed by atoms with Crippen molar-refractivity contribution in [1.29, 1.82) is 0 Å². The molecule has 0 saturated heterocycles. The number of ketones is 1. The summed E-state index contributed by atoms with van der Waals surface area (Å²) in [6.07, 6.45) is 0. The molecule has 10 heteroatoms. The first-order valence-corrected chi connectivity index (χ1v) is 11.4. The summed E-state index contributed by atoms with van der Waals surface area (Å²) in [5, 5.41) is 23.8. The van der Waals surface area contributed by atoms with Gasteiger partial charge in [-0.3, -0.25) is 25.0 Å². The zero-order chi connectivity index (χ0) is 23.5. The Morgan fingerprint density at radius 1 is 0.939 bits per heavy atom. The number of nitrogens with zero attached hydrogens (tertiary/aromatic N) is 3. The molecule has 0 atom stereocenters. The summed E-state index contributed by atoms with van der Waals surface area (Å²) in [5.41, 5.74) is 1.12. The molecule has 4 rings (SSSR count). The second-order valence-electron chi connectivity index (χ2n) is 6.94. The number of nitro benzene ring substituents is 1. The van der Waals surface area contributed by atoms with Crippen molar-refractivity contribution < 1.29 is 14.6 Å². The second kappa shape index (κ2) is 9.47. The van der Waals surface area contributed by atoms with Crippen LogP contribution < -0.4 is 0 Å². The van der Waals surface area contributed by atoms with Crippen LogP contribution >= 0.6 is 27.7 Å². The summed E-state index contributed by atoms with van der Waals surface area (Å²) < 4.78 is 0.833. The van der Waals surface area contributed by atoms with Crippen molar-refractivity contribution in [3.63, 3.8) is 0 Å². The summed E-state index contributed by atoms with van der Waals surface area (Å²) in [6, 6.07) is 19.5. The van der Waals surface area contributed by atoms with E-state index in [1.54, 1.807) is 54.6 Å². The van der Waals surface area contributed by atoms with E-state index >= 15 is 0 Å². The highest BCUT2D eigenvalue weighted by Crippen LogP contribution is 2.42. The maximum absolute atomic E-state index is 12.6. The van der Waals surface area contributed by atoms with Crippen LogP contribution in [-0.2, 0) is 0 Å². The van der Waals surface area contributed by atoms with Gasteiger partial charge in [-0.1, -0.05) is 70.2 Å². The third kappa shape index (κ3) is 4.76. The van der Waals surface area contributed by atoms with Gasteiger partial charge in [0.15, 0.2) is 10.8 Å². The number of halogens is 1. The average Bonchev–Trinajstić information content (AvgIpc) is 2.82. The van der Waals surface area contributed by atoms with E-state index in [1.165, 1.54) is 18.2 Å². The summed E-state index contributed by atoms with van der Waals surface area (Å²) in [6.45, 7) is 0. The smallest absolute Gasteiger partial charge is 0.293 e. The minimum absolute atomic E-state index is 0.0534. The highest BCUT2D eigenvalue weighted by molar-refractivity contribution is 9.10. The van der Waals surface area contributed by atoms with E-state index in [9.17, 15) is 25.0 Å². The van der Waals surface area contributed by atoms with Crippen LogP contribution in [0.3, 0.4) is 0 Å². The molecule has 164 valence electrons. The van der Waals surface area contributed by atoms with Gasteiger partial charge in [0.2, 0.25) is 0 Å². The molecule has 0 unspecified atom stereocenters. The van der Waals surface area contributed by atoms with Gasteiger partial charge in [0, 0.05) is 27.6 Å². The van der Waals surface area contributed by atoms with Crippen molar-refractivity contribution in [2.45, 2.75) is 5.03 Å². The van der Waals surface area contributed by atoms with Gasteiger partial charge in [0.25, 0.3) is 5.69 Å². The van der Waals surface area contributed by atoms with Crippen molar-refractivity contribution in [1.82, 2.24) is 4.98 Å². The van der Waals surface area contributed by atoms with Crippen molar-refractivity contribution in [2.24, 2.45) is 0 Å². The first-order valence-electron chi connectivity index (χ1n) is 9.58. The summed E-state index contributed by atoms with van der Waals surface area (Å²) >= 11 is 4.29. The summed E-state index contributed by atoms with van der Waals surface area (Å²) in [5.74, 6) is -0.254. The minimum atomic E-state index is -0.556. The number of thioether (sulfide) groups is 1. The summed E-state index contributed by atoms with van der Waals surface area (Å²) in [4.78, 5) is 39.4. The molecule has 0 aliphatic heterocycles. The van der Waals surface area contributed by atoms with Gasteiger partial charge < -0.3 is 0 Å². The lowest BCUT2D eigenvalue weighted by Gasteiger charge is -2.11. The number of aromatic nitrogens is 1. The summed E-state index contributed by atoms with van der Waals surface area (Å²) in [7, 11) is 0. The van der Waals surface area contributed by atoms with Gasteiger partial charge in [-0.05, 0) is 23.8 Å². The number of hydrogen-bond donors (Lipinski definition) is 0. The molecule has 0 amide bonds. The van der Waals surface area contributed by atoms with Crippen LogP contribution in [0.25, 0.3) is 22.0 Å². The molecule has 0 fully saturated rings. The van der Waals surface area contributed by atoms with Crippen LogP contribution in [-0.4, -0.2) is 26.4 Å². The van der Waals surface area contributed by atoms with Crippen LogP contribution in [0, 0.1) is 20.2 Å². The fourth-order valence-electron chi connectivity index (χ4n) is 3.35. The largest absolute Gasteiger partial charge is 0.309 e. The van der Waals surface area contributed by atoms with Crippen molar-refractivity contribution in [2.75, 3.05) is 5.75 Å². The Kier molecular flexibility index (Phi) is 6.47. The van der Waals surface area contributed by atoms with E-state index in [1.807, 2.05) is 0 Å². The number of Topliss-reactive ketones (excluding diaryl/α,β-unsaturated/α-hetero) is 1. The van der Waals surface area contributed by atoms with Crippen LogP contribution in [0.1, 0.15) is 10.4 Å². The Labute approximate surface area is 200 Å². The molecular weight excluding hydrogens is 510 g/mol. The van der Waals surface area contributed by atoms with Gasteiger partial charge in [0.05, 0.1) is 26.7 Å². The Hall–Kier alpha value is -3.63. The molecule has 8 nitrogen and oxygen atoms in total. The molecule has 1 heterocycles. The zero-order valence-corrected chi connectivity index (χ0v) is 19.2. The molecule has 0 bridgehead atoms. The van der Waals surface area contributed by atoms with Crippen molar-refractivity contribution in [3.05, 3.63) is 103 Å². The van der Waals surface area contributed by atoms with Crippen molar-refractivity contribution >= 4 is 55.8 Å². The van der Waals surface area contributed by atoms with E-state index in [0.29, 0.717) is 22.0 Å². The Balaban J connectivity index is 1.86. The number of carbonyl (C=O) groups is 1. The predicted molar refractivity (Wildman–Crippen MR) is 130 cm³/mol. The number of nitro groups is 2. The quantitative estimate of drug-likeness (QED) is 0.118. The van der Waals surface area contributed by atoms with Crippen LogP contribution in [0.15, 0.2) is 82.3 Å². The number of hydrogen-bond acceptors (Lipinski definition) is 7. The lowest BCUT2D eigenvalue weighted by atomic mass is 9.99. The van der Waals surface area contributed by atoms with E-state index in [4.69, 9.17) is 0 Å². The molecular formula is C23H14BrN3O5S. The highest BCUT2D eigenvalue weighted by Gasteiger charge is 2.28. The van der Waals surface area contributed by atoms with Gasteiger partial charge in [-0.15, -0.1) is 0 Å². The SMILES string of the molecule is O=C(CSc1nc2ccc([N+](=O)[O-])cc2c(-c2ccccc2)c1[N+](=O)[O-])c1ccc(Br)cc1. The Morgan fingerprint density at radius 2 is 1.64 bits per heavy atom. The van der Waals surface area contributed by atoms with E-state index in [0.717, 1.165) is 16.2 Å². The average molecular weight is 524 g/mol. The zero-order valence-electron chi connectivity index (χ0n) is 16.8. The van der Waals surface area contributed by atoms with E-state index in [2.05, 4.69) is 20.9 Å². The second-order valence-corrected chi connectivity index (χ2v) is 8.82.